The van der Waals surface area contributed by atoms with Crippen LogP contribution in [0.4, 0.5) is 0 Å². The highest BCUT2D eigenvalue weighted by atomic mass is 79.9. The van der Waals surface area contributed by atoms with Gasteiger partial charge in [-0.15, -0.1) is 0 Å². The maximum absolute atomic E-state index is 10.5. The van der Waals surface area contributed by atoms with Crippen LogP contribution in [0.5, 0.6) is 0 Å². The van der Waals surface area contributed by atoms with Crippen LogP contribution in [0.25, 0.3) is 0 Å². The van der Waals surface area contributed by atoms with Crippen LogP contribution < -0.4 is 0 Å². The molecule has 1 aliphatic rings. The van der Waals surface area contributed by atoms with Gasteiger partial charge in [0.15, 0.2) is 5.78 Å². The van der Waals surface area contributed by atoms with Crippen molar-refractivity contribution in [3.8, 4) is 0 Å². The van der Waals surface area contributed by atoms with E-state index in [1.807, 2.05) is 34.6 Å². The minimum atomic E-state index is -0.773. The zero-order valence-electron chi connectivity index (χ0n) is 25.8. The summed E-state index contributed by atoms with van der Waals surface area (Å²) < 4.78 is 5.31. The van der Waals surface area contributed by atoms with E-state index >= 15 is 0 Å². The maximum Gasteiger partial charge on any atom is 0.160 e. The summed E-state index contributed by atoms with van der Waals surface area (Å²) in [6.45, 7) is 30.6. The van der Waals surface area contributed by atoms with E-state index < -0.39 is 6.10 Å². The number of aliphatic hydroxyl groups excluding tert-OH is 1. The highest BCUT2D eigenvalue weighted by molar-refractivity contribution is 9.10. The molecule has 1 N–H and O–H groups in total. The van der Waals surface area contributed by atoms with Gasteiger partial charge >= 0.3 is 0 Å². The Morgan fingerprint density at radius 1 is 0.778 bits per heavy atom. The van der Waals surface area contributed by atoms with Crippen molar-refractivity contribution in [1.29, 1.82) is 0 Å². The normalized spacial score (nSPS) is 17.1. The highest BCUT2D eigenvalue weighted by Crippen LogP contribution is 2.37. The van der Waals surface area contributed by atoms with Crippen molar-refractivity contribution >= 4 is 33.3 Å². The minimum absolute atomic E-state index is 0.0394. The van der Waals surface area contributed by atoms with Gasteiger partial charge in [0.1, 0.15) is 17.7 Å². The standard InChI is InChI=1S/C7H14O.C7H14.C6H12O.C5H9BrO.C5H10O2/c1-4-7(5-8-7)6(2)3;1-5-7(4)6(2)3;1-4-6(7)5(2)3;2*1-3-5(7)4(2)6/h6H,4-5H2,1-3H3;6H,4-5H2,1-3H3;5H,4H2,1-3H3;4H,3H2,1-2H3;4,6H,3H2,1-2H3. The third kappa shape index (κ3) is 24.8. The number of hydrogen-bond donors (Lipinski definition) is 1. The zero-order valence-corrected chi connectivity index (χ0v) is 27.4. The molecule has 1 aliphatic heterocycles. The number of carbonyl (C=O) groups is 3. The molecule has 0 spiro atoms. The molecular formula is C30H59BrO5. The first-order chi connectivity index (χ1) is 16.4. The van der Waals surface area contributed by atoms with Crippen LogP contribution in [0.15, 0.2) is 12.2 Å². The van der Waals surface area contributed by atoms with Crippen molar-refractivity contribution in [2.75, 3.05) is 6.61 Å². The van der Waals surface area contributed by atoms with Gasteiger partial charge in [0.05, 0.1) is 17.0 Å². The van der Waals surface area contributed by atoms with E-state index in [0.717, 1.165) is 13.0 Å². The lowest BCUT2D eigenvalue weighted by atomic mass is 9.94. The third-order valence-corrected chi connectivity index (χ3v) is 6.55. The summed E-state index contributed by atoms with van der Waals surface area (Å²) in [5.41, 5.74) is 1.64. The first-order valence-electron chi connectivity index (χ1n) is 13.7. The summed E-state index contributed by atoms with van der Waals surface area (Å²) in [7, 11) is 0. The fraction of sp³-hybridized carbons (Fsp3) is 0.833. The molecule has 1 heterocycles. The number of halogens is 1. The number of alkyl halides is 1. The van der Waals surface area contributed by atoms with Gasteiger partial charge in [-0.3, -0.25) is 14.4 Å². The fourth-order valence-electron chi connectivity index (χ4n) is 2.43. The van der Waals surface area contributed by atoms with Crippen LogP contribution in [-0.4, -0.2) is 45.6 Å². The molecule has 0 aromatic heterocycles. The molecule has 0 bridgehead atoms. The summed E-state index contributed by atoms with van der Waals surface area (Å²) in [5, 5.41) is 8.47. The predicted molar refractivity (Wildman–Crippen MR) is 159 cm³/mol. The molecule has 0 aromatic carbocycles. The Kier molecular flexibility index (Phi) is 28.7. The topological polar surface area (TPSA) is 84.0 Å². The molecular weight excluding hydrogens is 520 g/mol. The maximum atomic E-state index is 10.5. The number of aliphatic hydroxyl groups is 1. The molecule has 216 valence electrons. The number of hydrogen-bond acceptors (Lipinski definition) is 5. The lowest BCUT2D eigenvalue weighted by molar-refractivity contribution is -0.126. The second-order valence-electron chi connectivity index (χ2n) is 9.93. The van der Waals surface area contributed by atoms with Crippen molar-refractivity contribution in [2.45, 2.75) is 139 Å². The van der Waals surface area contributed by atoms with Crippen molar-refractivity contribution in [1.82, 2.24) is 0 Å². The Morgan fingerprint density at radius 3 is 1.17 bits per heavy atom. The average Bonchev–Trinajstić information content (AvgIpc) is 3.64. The summed E-state index contributed by atoms with van der Waals surface area (Å²) >= 11 is 3.15. The van der Waals surface area contributed by atoms with Gasteiger partial charge in [0.25, 0.3) is 0 Å². The van der Waals surface area contributed by atoms with E-state index in [1.54, 1.807) is 6.92 Å². The summed E-state index contributed by atoms with van der Waals surface area (Å²) in [4.78, 5) is 31.3. The van der Waals surface area contributed by atoms with Gasteiger partial charge in [-0.05, 0) is 38.5 Å². The average molecular weight is 580 g/mol. The monoisotopic (exact) mass is 578 g/mol. The van der Waals surface area contributed by atoms with Crippen LogP contribution in [0.3, 0.4) is 0 Å². The Balaban J connectivity index is -0.000000178. The Hall–Kier alpha value is -0.850. The summed E-state index contributed by atoms with van der Waals surface area (Å²) in [5.74, 6) is 2.11. The first kappa shape index (κ1) is 42.2. The van der Waals surface area contributed by atoms with Gasteiger partial charge in [-0.2, -0.15) is 0 Å². The molecule has 1 saturated heterocycles. The first-order valence-corrected chi connectivity index (χ1v) is 14.6. The molecule has 0 aromatic rings. The zero-order chi connectivity index (χ0) is 29.6. The molecule has 1 rings (SSSR count). The van der Waals surface area contributed by atoms with Gasteiger partial charge in [-0.25, -0.2) is 0 Å². The van der Waals surface area contributed by atoms with Crippen molar-refractivity contribution in [3.05, 3.63) is 12.2 Å². The molecule has 0 amide bonds. The molecule has 36 heavy (non-hydrogen) atoms. The van der Waals surface area contributed by atoms with E-state index in [2.05, 4.69) is 64.1 Å². The largest absolute Gasteiger partial charge is 0.386 e. The molecule has 0 aliphatic carbocycles. The van der Waals surface area contributed by atoms with E-state index in [9.17, 15) is 14.4 Å². The lowest BCUT2D eigenvalue weighted by Crippen LogP contribution is -2.17. The predicted octanol–water partition coefficient (Wildman–Crippen LogP) is 8.15. The number of carbonyl (C=O) groups excluding carboxylic acids is 3. The van der Waals surface area contributed by atoms with Crippen LogP contribution in [0, 0.1) is 17.8 Å². The molecule has 0 radical (unpaired) electrons. The van der Waals surface area contributed by atoms with E-state index in [1.165, 1.54) is 18.9 Å². The summed E-state index contributed by atoms with van der Waals surface area (Å²) in [6, 6.07) is 0. The summed E-state index contributed by atoms with van der Waals surface area (Å²) in [6.07, 6.45) is 3.26. The van der Waals surface area contributed by atoms with Gasteiger partial charge < -0.3 is 9.84 Å². The van der Waals surface area contributed by atoms with E-state index in [0.29, 0.717) is 42.5 Å². The molecule has 3 unspecified atom stereocenters. The van der Waals surface area contributed by atoms with Crippen LogP contribution in [-0.2, 0) is 19.1 Å². The minimum Gasteiger partial charge on any atom is -0.386 e. The Morgan fingerprint density at radius 2 is 1.17 bits per heavy atom. The van der Waals surface area contributed by atoms with Crippen LogP contribution in [0.1, 0.15) is 122 Å². The highest BCUT2D eigenvalue weighted by Gasteiger charge is 2.45. The third-order valence-electron chi connectivity index (χ3n) is 6.04. The molecule has 5 nitrogen and oxygen atoms in total. The van der Waals surface area contributed by atoms with Gasteiger partial charge in [-0.1, -0.05) is 104 Å². The van der Waals surface area contributed by atoms with Crippen LogP contribution in [0.2, 0.25) is 0 Å². The quantitative estimate of drug-likeness (QED) is 0.160. The number of rotatable bonds is 10. The SMILES string of the molecule is C=C(CC)C(C)C.CCC(=O)C(C)Br.CCC(=O)C(C)C.CCC(=O)C(C)O.CCC1(C(C)C)CO1. The number of ether oxygens (including phenoxy) is 1. The number of ketones is 3. The Labute approximate surface area is 232 Å². The molecule has 0 saturated carbocycles. The van der Waals surface area contributed by atoms with E-state index in [-0.39, 0.29) is 22.3 Å². The smallest absolute Gasteiger partial charge is 0.160 e. The van der Waals surface area contributed by atoms with E-state index in [4.69, 9.17) is 9.84 Å². The molecule has 1 fully saturated rings. The van der Waals surface area contributed by atoms with Crippen molar-refractivity contribution < 1.29 is 24.2 Å². The Bertz CT molecular complexity index is 508. The van der Waals surface area contributed by atoms with Gasteiger partial charge in [0, 0.05) is 25.2 Å². The second-order valence-corrected chi connectivity index (χ2v) is 11.3. The number of allylic oxidation sites excluding steroid dienone is 1. The lowest BCUT2D eigenvalue weighted by Gasteiger charge is -2.11. The second kappa shape index (κ2) is 24.5. The fourth-order valence-corrected chi connectivity index (χ4v) is 2.76. The molecule has 3 atom stereocenters. The molecule has 6 heteroatoms. The van der Waals surface area contributed by atoms with Crippen molar-refractivity contribution in [2.24, 2.45) is 17.8 Å². The van der Waals surface area contributed by atoms with Crippen LogP contribution >= 0.6 is 15.9 Å². The number of Topliss-reactive ketones (excluding diaryl/α,β-unsaturated/α-hetero) is 3. The van der Waals surface area contributed by atoms with Crippen molar-refractivity contribution in [3.63, 3.8) is 0 Å². The van der Waals surface area contributed by atoms with Gasteiger partial charge in [0.2, 0.25) is 0 Å². The number of epoxide rings is 1.